The Bertz CT molecular complexity index is 821. The van der Waals surface area contributed by atoms with Gasteiger partial charge in [-0.05, 0) is 30.2 Å². The molecule has 0 fully saturated rings. The van der Waals surface area contributed by atoms with Crippen molar-refractivity contribution in [2.75, 3.05) is 19.8 Å². The first-order chi connectivity index (χ1) is 12.1. The van der Waals surface area contributed by atoms with E-state index in [2.05, 4.69) is 29.6 Å². The summed E-state index contributed by atoms with van der Waals surface area (Å²) in [5.74, 6) is 0.907. The molecule has 0 saturated heterocycles. The maximum Gasteiger partial charge on any atom is 0.134 e. The van der Waals surface area contributed by atoms with Crippen molar-refractivity contribution in [1.82, 2.24) is 5.32 Å². The molecule has 3 N–H and O–H groups in total. The van der Waals surface area contributed by atoms with Gasteiger partial charge in [0.15, 0.2) is 0 Å². The average Bonchev–Trinajstić information content (AvgIpc) is 2.67. The summed E-state index contributed by atoms with van der Waals surface area (Å²) in [4.78, 5) is 0. The van der Waals surface area contributed by atoms with Gasteiger partial charge in [0.2, 0.25) is 0 Å². The van der Waals surface area contributed by atoms with Gasteiger partial charge in [-0.2, -0.15) is 0 Å². The van der Waals surface area contributed by atoms with Crippen LogP contribution < -0.4 is 10.1 Å². The Labute approximate surface area is 160 Å². The van der Waals surface area contributed by atoms with Crippen LogP contribution in [0.25, 0.3) is 21.5 Å². The molecular formula is C21H26ClNO3. The zero-order chi connectivity index (χ0) is 17.9. The zero-order valence-electron chi connectivity index (χ0n) is 15.2. The van der Waals surface area contributed by atoms with Crippen LogP contribution in [0.2, 0.25) is 0 Å². The third-order valence-corrected chi connectivity index (χ3v) is 4.67. The number of nitrogens with one attached hydrogen (secondary N) is 1. The van der Waals surface area contributed by atoms with E-state index in [9.17, 15) is 10.2 Å². The monoisotopic (exact) mass is 375 g/mol. The van der Waals surface area contributed by atoms with E-state index in [0.717, 1.165) is 32.9 Å². The van der Waals surface area contributed by atoms with Gasteiger partial charge in [0, 0.05) is 17.3 Å². The molecule has 3 aromatic rings. The van der Waals surface area contributed by atoms with Crippen molar-refractivity contribution in [2.45, 2.75) is 25.9 Å². The van der Waals surface area contributed by atoms with E-state index >= 15 is 0 Å². The molecule has 0 aliphatic carbocycles. The van der Waals surface area contributed by atoms with Gasteiger partial charge in [-0.1, -0.05) is 48.5 Å². The van der Waals surface area contributed by atoms with Crippen LogP contribution >= 0.6 is 12.4 Å². The van der Waals surface area contributed by atoms with Crippen LogP contribution in [0.3, 0.4) is 0 Å². The number of fused-ring (bicyclic) bond motifs is 2. The second kappa shape index (κ2) is 8.69. The van der Waals surface area contributed by atoms with Crippen LogP contribution in [-0.2, 0) is 6.54 Å². The molecule has 26 heavy (non-hydrogen) atoms. The van der Waals surface area contributed by atoms with Crippen molar-refractivity contribution in [3.05, 3.63) is 54.1 Å². The third kappa shape index (κ3) is 3.79. The standard InChI is InChI=1S/C21H25NO3.ClH/c1-3-25-20-17-10-6-4-8-15(17)19(12-22-21(2,13-23)14-24)16-9-5-7-11-18(16)20;/h4-11,22-24H,3,12-14H2,1-2H3;1H. The van der Waals surface area contributed by atoms with Crippen molar-refractivity contribution in [3.63, 3.8) is 0 Å². The lowest BCUT2D eigenvalue weighted by Crippen LogP contribution is -2.48. The molecule has 0 aliphatic rings. The summed E-state index contributed by atoms with van der Waals surface area (Å²) in [5, 5.41) is 26.8. The minimum atomic E-state index is -0.721. The van der Waals surface area contributed by atoms with Crippen LogP contribution in [0, 0.1) is 0 Å². The van der Waals surface area contributed by atoms with Gasteiger partial charge < -0.3 is 20.3 Å². The Kier molecular flexibility index (Phi) is 6.84. The number of aliphatic hydroxyl groups excluding tert-OH is 2. The second-order valence-corrected chi connectivity index (χ2v) is 6.56. The van der Waals surface area contributed by atoms with Crippen molar-refractivity contribution >= 4 is 34.0 Å². The Morgan fingerprint density at radius 1 is 0.885 bits per heavy atom. The SMILES string of the molecule is CCOc1c2ccccc2c(CNC(C)(CO)CO)c2ccccc12.Cl. The number of ether oxygens (including phenoxy) is 1. The molecule has 0 saturated carbocycles. The second-order valence-electron chi connectivity index (χ2n) is 6.56. The first-order valence-electron chi connectivity index (χ1n) is 8.65. The molecule has 5 heteroatoms. The smallest absolute Gasteiger partial charge is 0.134 e. The summed E-state index contributed by atoms with van der Waals surface area (Å²) in [6.07, 6.45) is 0. The van der Waals surface area contributed by atoms with Gasteiger partial charge in [0.1, 0.15) is 5.75 Å². The molecule has 0 heterocycles. The Balaban J connectivity index is 0.00000243. The fourth-order valence-electron chi connectivity index (χ4n) is 3.13. The van der Waals surface area contributed by atoms with E-state index in [1.807, 2.05) is 38.1 Å². The van der Waals surface area contributed by atoms with E-state index in [1.165, 1.54) is 0 Å². The molecule has 0 spiro atoms. The average molecular weight is 376 g/mol. The molecule has 0 radical (unpaired) electrons. The molecule has 0 unspecified atom stereocenters. The van der Waals surface area contributed by atoms with E-state index in [0.29, 0.717) is 13.2 Å². The Hall–Kier alpha value is -1.85. The van der Waals surface area contributed by atoms with E-state index < -0.39 is 5.54 Å². The highest BCUT2D eigenvalue weighted by Crippen LogP contribution is 2.38. The molecule has 3 aromatic carbocycles. The van der Waals surface area contributed by atoms with Crippen LogP contribution in [-0.4, -0.2) is 35.6 Å². The molecular weight excluding hydrogens is 350 g/mol. The number of rotatable bonds is 7. The summed E-state index contributed by atoms with van der Waals surface area (Å²) < 4.78 is 5.97. The molecule has 4 nitrogen and oxygen atoms in total. The number of hydrogen-bond donors (Lipinski definition) is 3. The summed E-state index contributed by atoms with van der Waals surface area (Å²) in [6, 6.07) is 16.4. The van der Waals surface area contributed by atoms with Crippen molar-refractivity contribution < 1.29 is 14.9 Å². The zero-order valence-corrected chi connectivity index (χ0v) is 16.0. The van der Waals surface area contributed by atoms with Crippen molar-refractivity contribution in [1.29, 1.82) is 0 Å². The summed E-state index contributed by atoms with van der Waals surface area (Å²) in [5.41, 5.74) is 0.420. The number of halogens is 1. The van der Waals surface area contributed by atoms with Crippen molar-refractivity contribution in [3.8, 4) is 5.75 Å². The lowest BCUT2D eigenvalue weighted by atomic mass is 9.94. The fraction of sp³-hybridized carbons (Fsp3) is 0.333. The topological polar surface area (TPSA) is 61.7 Å². The molecule has 0 atom stereocenters. The summed E-state index contributed by atoms with van der Waals surface area (Å²) in [7, 11) is 0. The predicted octanol–water partition coefficient (Wildman–Crippen LogP) is 3.65. The Morgan fingerprint density at radius 3 is 1.77 bits per heavy atom. The van der Waals surface area contributed by atoms with E-state index in [1.54, 1.807) is 0 Å². The van der Waals surface area contributed by atoms with Gasteiger partial charge in [-0.3, -0.25) is 0 Å². The van der Waals surface area contributed by atoms with Crippen molar-refractivity contribution in [2.24, 2.45) is 0 Å². The number of benzene rings is 3. The summed E-state index contributed by atoms with van der Waals surface area (Å²) in [6.45, 7) is 4.70. The van der Waals surface area contributed by atoms with E-state index in [4.69, 9.17) is 4.74 Å². The van der Waals surface area contributed by atoms with Gasteiger partial charge in [0.25, 0.3) is 0 Å². The maximum atomic E-state index is 9.56. The van der Waals surface area contributed by atoms with Gasteiger partial charge in [-0.25, -0.2) is 0 Å². The molecule has 140 valence electrons. The lowest BCUT2D eigenvalue weighted by molar-refractivity contribution is 0.103. The molecule has 0 bridgehead atoms. The lowest BCUT2D eigenvalue weighted by Gasteiger charge is -2.27. The predicted molar refractivity (Wildman–Crippen MR) is 109 cm³/mol. The molecule has 3 rings (SSSR count). The first kappa shape index (κ1) is 20.5. The van der Waals surface area contributed by atoms with Crippen LogP contribution in [0.5, 0.6) is 5.75 Å². The quantitative estimate of drug-likeness (QED) is 0.552. The highest BCUT2D eigenvalue weighted by atomic mass is 35.5. The van der Waals surface area contributed by atoms with Crippen LogP contribution in [0.15, 0.2) is 48.5 Å². The number of hydrogen-bond acceptors (Lipinski definition) is 4. The minimum absolute atomic E-state index is 0. The normalized spacial score (nSPS) is 11.5. The highest BCUT2D eigenvalue weighted by Gasteiger charge is 2.23. The van der Waals surface area contributed by atoms with Gasteiger partial charge >= 0.3 is 0 Å². The third-order valence-electron chi connectivity index (χ3n) is 4.67. The maximum absolute atomic E-state index is 9.56. The first-order valence-corrected chi connectivity index (χ1v) is 8.65. The molecule has 0 aromatic heterocycles. The molecule has 0 amide bonds. The summed E-state index contributed by atoms with van der Waals surface area (Å²) >= 11 is 0. The van der Waals surface area contributed by atoms with Crippen LogP contribution in [0.4, 0.5) is 0 Å². The fourth-order valence-corrected chi connectivity index (χ4v) is 3.13. The van der Waals surface area contributed by atoms with Gasteiger partial charge in [0.05, 0.1) is 25.4 Å². The van der Waals surface area contributed by atoms with Crippen LogP contribution in [0.1, 0.15) is 19.4 Å². The minimum Gasteiger partial charge on any atom is -0.493 e. The Morgan fingerprint density at radius 2 is 1.35 bits per heavy atom. The molecule has 0 aliphatic heterocycles. The highest BCUT2D eigenvalue weighted by molar-refractivity contribution is 6.08. The van der Waals surface area contributed by atoms with E-state index in [-0.39, 0.29) is 25.6 Å². The van der Waals surface area contributed by atoms with Gasteiger partial charge in [-0.15, -0.1) is 12.4 Å². The largest absolute Gasteiger partial charge is 0.493 e. The number of aliphatic hydroxyl groups is 2.